The normalized spacial score (nSPS) is 12.1. The van der Waals surface area contributed by atoms with Crippen molar-refractivity contribution in [1.29, 1.82) is 0 Å². The number of sulfone groups is 1. The summed E-state index contributed by atoms with van der Waals surface area (Å²) in [6.45, 7) is 0. The standard InChI is InChI=1S/C7H8N4O3S/c1-11-6(12)4-3-8-10-5(4)9-7(11)15(2,13)14/h3H,1-2H3,(H,8,10). The first kappa shape index (κ1) is 9.84. The third kappa shape index (κ3) is 1.42. The molecule has 7 nitrogen and oxygen atoms in total. The molecule has 0 atom stereocenters. The summed E-state index contributed by atoms with van der Waals surface area (Å²) >= 11 is 0. The predicted molar refractivity (Wildman–Crippen MR) is 52.2 cm³/mol. The Bertz CT molecular complexity index is 682. The second-order valence-corrected chi connectivity index (χ2v) is 5.07. The molecular formula is C7H8N4O3S. The number of hydrogen-bond donors (Lipinski definition) is 1. The van der Waals surface area contributed by atoms with E-state index in [9.17, 15) is 13.2 Å². The van der Waals surface area contributed by atoms with Gasteiger partial charge in [-0.3, -0.25) is 14.5 Å². The monoisotopic (exact) mass is 228 g/mol. The summed E-state index contributed by atoms with van der Waals surface area (Å²) in [4.78, 5) is 15.5. The molecule has 0 fully saturated rings. The first-order valence-electron chi connectivity index (χ1n) is 4.01. The molecule has 2 rings (SSSR count). The van der Waals surface area contributed by atoms with Crippen molar-refractivity contribution in [3.05, 3.63) is 16.6 Å². The van der Waals surface area contributed by atoms with E-state index in [2.05, 4.69) is 15.2 Å². The second-order valence-electron chi connectivity index (χ2n) is 3.16. The lowest BCUT2D eigenvalue weighted by molar-refractivity contribution is 0.578. The summed E-state index contributed by atoms with van der Waals surface area (Å²) in [6, 6.07) is 0. The van der Waals surface area contributed by atoms with Crippen LogP contribution in [-0.2, 0) is 16.9 Å². The number of aromatic amines is 1. The van der Waals surface area contributed by atoms with Crippen LogP contribution in [-0.4, -0.2) is 34.4 Å². The van der Waals surface area contributed by atoms with E-state index in [0.717, 1.165) is 10.8 Å². The number of fused-ring (bicyclic) bond motifs is 1. The minimum Gasteiger partial charge on any atom is -0.286 e. The lowest BCUT2D eigenvalue weighted by Gasteiger charge is -2.03. The zero-order valence-electron chi connectivity index (χ0n) is 8.05. The third-order valence-electron chi connectivity index (χ3n) is 1.98. The summed E-state index contributed by atoms with van der Waals surface area (Å²) < 4.78 is 23.6. The third-order valence-corrected chi connectivity index (χ3v) is 3.01. The minimum absolute atomic E-state index is 0.179. The van der Waals surface area contributed by atoms with Gasteiger partial charge in [0, 0.05) is 13.3 Å². The molecule has 0 radical (unpaired) electrons. The Kier molecular flexibility index (Phi) is 1.90. The van der Waals surface area contributed by atoms with Gasteiger partial charge < -0.3 is 0 Å². The molecule has 15 heavy (non-hydrogen) atoms. The van der Waals surface area contributed by atoms with Gasteiger partial charge in [-0.15, -0.1) is 0 Å². The zero-order chi connectivity index (χ0) is 11.2. The van der Waals surface area contributed by atoms with Crippen LogP contribution in [0.4, 0.5) is 0 Å². The van der Waals surface area contributed by atoms with Gasteiger partial charge in [-0.25, -0.2) is 8.42 Å². The van der Waals surface area contributed by atoms with Gasteiger partial charge >= 0.3 is 0 Å². The smallest absolute Gasteiger partial charge is 0.265 e. The molecular weight excluding hydrogens is 220 g/mol. The number of nitrogens with zero attached hydrogens (tertiary/aromatic N) is 3. The largest absolute Gasteiger partial charge is 0.286 e. The molecule has 8 heteroatoms. The number of aromatic nitrogens is 4. The average molecular weight is 228 g/mol. The zero-order valence-corrected chi connectivity index (χ0v) is 8.87. The van der Waals surface area contributed by atoms with Gasteiger partial charge in [-0.2, -0.15) is 10.1 Å². The highest BCUT2D eigenvalue weighted by molar-refractivity contribution is 7.90. The summed E-state index contributed by atoms with van der Waals surface area (Å²) in [7, 11) is -2.16. The van der Waals surface area contributed by atoms with Gasteiger partial charge in [0.25, 0.3) is 5.56 Å². The van der Waals surface area contributed by atoms with Crippen LogP contribution < -0.4 is 5.56 Å². The first-order chi connectivity index (χ1) is 6.91. The van der Waals surface area contributed by atoms with Gasteiger partial charge in [-0.1, -0.05) is 0 Å². The van der Waals surface area contributed by atoms with Crippen LogP contribution in [0.1, 0.15) is 0 Å². The molecule has 0 bridgehead atoms. The summed E-state index contributed by atoms with van der Waals surface area (Å²) in [5.74, 6) is 0. The van der Waals surface area contributed by atoms with E-state index >= 15 is 0 Å². The Morgan fingerprint density at radius 1 is 1.47 bits per heavy atom. The lowest BCUT2D eigenvalue weighted by atomic mass is 10.4. The van der Waals surface area contributed by atoms with Crippen LogP contribution in [0.3, 0.4) is 0 Å². The maximum absolute atomic E-state index is 11.7. The number of H-pyrrole nitrogens is 1. The van der Waals surface area contributed by atoms with Crippen LogP contribution in [0, 0.1) is 0 Å². The average Bonchev–Trinajstić information content (AvgIpc) is 2.57. The highest BCUT2D eigenvalue weighted by atomic mass is 32.2. The maximum atomic E-state index is 11.7. The van der Waals surface area contributed by atoms with Gasteiger partial charge in [0.15, 0.2) is 5.65 Å². The molecule has 2 aromatic heterocycles. The fraction of sp³-hybridized carbons (Fsp3) is 0.286. The first-order valence-corrected chi connectivity index (χ1v) is 5.90. The van der Waals surface area contributed by atoms with Crippen LogP contribution in [0.15, 0.2) is 16.1 Å². The van der Waals surface area contributed by atoms with Crippen molar-refractivity contribution < 1.29 is 8.42 Å². The van der Waals surface area contributed by atoms with Gasteiger partial charge in [-0.05, 0) is 0 Å². The molecule has 2 aromatic rings. The number of nitrogens with one attached hydrogen (secondary N) is 1. The molecule has 0 spiro atoms. The molecule has 2 heterocycles. The molecule has 80 valence electrons. The van der Waals surface area contributed by atoms with Crippen molar-refractivity contribution >= 4 is 20.9 Å². The fourth-order valence-corrected chi connectivity index (χ4v) is 2.13. The van der Waals surface area contributed by atoms with E-state index in [1.165, 1.54) is 13.2 Å². The van der Waals surface area contributed by atoms with E-state index in [-0.39, 0.29) is 16.2 Å². The highest BCUT2D eigenvalue weighted by Crippen LogP contribution is 2.07. The highest BCUT2D eigenvalue weighted by Gasteiger charge is 2.17. The Morgan fingerprint density at radius 2 is 2.13 bits per heavy atom. The molecule has 0 aliphatic heterocycles. The Morgan fingerprint density at radius 3 is 2.73 bits per heavy atom. The van der Waals surface area contributed by atoms with E-state index in [4.69, 9.17) is 0 Å². The van der Waals surface area contributed by atoms with E-state index in [0.29, 0.717) is 0 Å². The molecule has 0 aromatic carbocycles. The quantitative estimate of drug-likeness (QED) is 0.635. The van der Waals surface area contributed by atoms with Crippen LogP contribution in [0.25, 0.3) is 11.0 Å². The van der Waals surface area contributed by atoms with Crippen LogP contribution in [0.5, 0.6) is 0 Å². The molecule has 0 saturated heterocycles. The second kappa shape index (κ2) is 2.89. The van der Waals surface area contributed by atoms with Crippen molar-refractivity contribution in [3.63, 3.8) is 0 Å². The van der Waals surface area contributed by atoms with E-state index in [1.807, 2.05) is 0 Å². The predicted octanol–water partition coefficient (Wildman–Crippen LogP) is -0.940. The van der Waals surface area contributed by atoms with Crippen LogP contribution >= 0.6 is 0 Å². The van der Waals surface area contributed by atoms with Gasteiger partial charge in [0.05, 0.1) is 6.20 Å². The molecule has 1 N–H and O–H groups in total. The minimum atomic E-state index is -3.52. The van der Waals surface area contributed by atoms with E-state index in [1.54, 1.807) is 0 Å². The van der Waals surface area contributed by atoms with E-state index < -0.39 is 15.4 Å². The summed E-state index contributed by atoms with van der Waals surface area (Å²) in [6.07, 6.45) is 2.31. The Balaban J connectivity index is 3.01. The number of hydrogen-bond acceptors (Lipinski definition) is 5. The topological polar surface area (TPSA) is 97.7 Å². The van der Waals surface area contributed by atoms with Crippen molar-refractivity contribution in [2.45, 2.75) is 5.16 Å². The molecule has 0 aliphatic rings. The number of rotatable bonds is 1. The fourth-order valence-electron chi connectivity index (χ4n) is 1.29. The van der Waals surface area contributed by atoms with Crippen molar-refractivity contribution in [1.82, 2.24) is 19.7 Å². The lowest BCUT2D eigenvalue weighted by Crippen LogP contribution is -2.24. The van der Waals surface area contributed by atoms with Gasteiger partial charge in [0.1, 0.15) is 5.39 Å². The van der Waals surface area contributed by atoms with Crippen molar-refractivity contribution in [3.8, 4) is 0 Å². The summed E-state index contributed by atoms with van der Waals surface area (Å²) in [5, 5.41) is 6.09. The van der Waals surface area contributed by atoms with Gasteiger partial charge in [0.2, 0.25) is 15.0 Å². The van der Waals surface area contributed by atoms with Crippen LogP contribution in [0.2, 0.25) is 0 Å². The molecule has 0 amide bonds. The maximum Gasteiger partial charge on any atom is 0.265 e. The Labute approximate surface area is 84.7 Å². The van der Waals surface area contributed by atoms with Crippen molar-refractivity contribution in [2.24, 2.45) is 7.05 Å². The SMILES string of the molecule is Cn1c(S(C)(=O)=O)nc2[nH]ncc2c1=O. The van der Waals surface area contributed by atoms with Crippen molar-refractivity contribution in [2.75, 3.05) is 6.26 Å². The molecule has 0 unspecified atom stereocenters. The summed E-state index contributed by atoms with van der Waals surface area (Å²) in [5.41, 5.74) is -0.257. The molecule has 0 saturated carbocycles. The molecule has 0 aliphatic carbocycles. The Hall–Kier alpha value is -1.70.